The number of carbonyl (C=O) groups is 2. The van der Waals surface area contributed by atoms with E-state index in [9.17, 15) is 19.8 Å². The first-order valence-corrected chi connectivity index (χ1v) is 21.6. The summed E-state index contributed by atoms with van der Waals surface area (Å²) in [6.45, 7) is 25.5. The molecule has 54 heavy (non-hydrogen) atoms. The van der Waals surface area contributed by atoms with Crippen molar-refractivity contribution < 1.29 is 19.8 Å². The van der Waals surface area contributed by atoms with Crippen molar-refractivity contribution in [1.82, 2.24) is 9.80 Å². The zero-order chi connectivity index (χ0) is 40.0. The lowest BCUT2D eigenvalue weighted by Gasteiger charge is -2.68. The molecule has 0 spiro atoms. The number of rotatable bonds is 19. The van der Waals surface area contributed by atoms with Gasteiger partial charge >= 0.3 is 11.9 Å². The van der Waals surface area contributed by atoms with Crippen molar-refractivity contribution in [2.24, 2.45) is 29.1 Å². The summed E-state index contributed by atoms with van der Waals surface area (Å²) in [5.41, 5.74) is 0.986. The second kappa shape index (κ2) is 18.0. The standard InChI is InChI=1S/C48H76N2O4/c1-11-44(7)32-40(36(5)46(9,13-3)49(44)34-38-26-20-18-21-27-38)48(43(53)54,31-25-17-15-16-24-30-42(51)52)41-33-45(8,12-2)50(47(10,14-4)37(41)6)35-39-28-22-19-23-29-39/h18-23,26-29,36-37,40-41H,11-17,24-25,30-35H2,1-10H3,(H,51,52)(H,53,54). The molecule has 0 amide bonds. The largest absolute Gasteiger partial charge is 0.481 e. The van der Waals surface area contributed by atoms with E-state index >= 15 is 0 Å². The molecular formula is C48H76N2O4. The number of piperidine rings is 2. The molecule has 2 aromatic rings. The molecule has 0 radical (unpaired) electrons. The maximum atomic E-state index is 14.8. The quantitative estimate of drug-likeness (QED) is 0.139. The molecule has 2 aliphatic heterocycles. The van der Waals surface area contributed by atoms with Gasteiger partial charge in [0, 0.05) is 41.7 Å². The summed E-state index contributed by atoms with van der Waals surface area (Å²) in [7, 11) is 0. The summed E-state index contributed by atoms with van der Waals surface area (Å²) in [6, 6.07) is 21.7. The fourth-order valence-corrected chi connectivity index (χ4v) is 11.6. The van der Waals surface area contributed by atoms with E-state index in [-0.39, 0.29) is 52.2 Å². The van der Waals surface area contributed by atoms with Crippen LogP contribution in [0.4, 0.5) is 0 Å². The van der Waals surface area contributed by atoms with Crippen LogP contribution in [0.5, 0.6) is 0 Å². The Kier molecular flexibility index (Phi) is 14.7. The van der Waals surface area contributed by atoms with Gasteiger partial charge in [0.2, 0.25) is 0 Å². The highest BCUT2D eigenvalue weighted by Crippen LogP contribution is 2.63. The van der Waals surface area contributed by atoms with Crippen molar-refractivity contribution >= 4 is 11.9 Å². The lowest BCUT2D eigenvalue weighted by molar-refractivity contribution is -0.209. The van der Waals surface area contributed by atoms with Crippen LogP contribution in [0.1, 0.15) is 164 Å². The Bertz CT molecular complexity index is 1410. The van der Waals surface area contributed by atoms with E-state index in [1.165, 1.54) is 11.1 Å². The number of benzene rings is 2. The van der Waals surface area contributed by atoms with Crippen molar-refractivity contribution in [2.75, 3.05) is 0 Å². The lowest BCUT2D eigenvalue weighted by atomic mass is 9.46. The van der Waals surface area contributed by atoms with Gasteiger partial charge in [-0.2, -0.15) is 0 Å². The van der Waals surface area contributed by atoms with Gasteiger partial charge < -0.3 is 10.2 Å². The van der Waals surface area contributed by atoms with Crippen LogP contribution in [0, 0.1) is 29.1 Å². The van der Waals surface area contributed by atoms with Crippen molar-refractivity contribution in [3.63, 3.8) is 0 Å². The van der Waals surface area contributed by atoms with E-state index < -0.39 is 17.4 Å². The van der Waals surface area contributed by atoms with Gasteiger partial charge in [0.25, 0.3) is 0 Å². The molecule has 8 unspecified atom stereocenters. The third-order valence-electron chi connectivity index (χ3n) is 16.0. The smallest absolute Gasteiger partial charge is 0.310 e. The summed E-state index contributed by atoms with van der Waals surface area (Å²) in [5.74, 6) is -1.01. The Morgan fingerprint density at radius 2 is 1.02 bits per heavy atom. The van der Waals surface area contributed by atoms with Crippen LogP contribution < -0.4 is 0 Å². The van der Waals surface area contributed by atoms with Gasteiger partial charge in [0.15, 0.2) is 0 Å². The number of nitrogens with zero attached hydrogens (tertiary/aromatic N) is 2. The fraction of sp³-hybridized carbons (Fsp3) is 0.708. The van der Waals surface area contributed by atoms with E-state index in [0.717, 1.165) is 77.3 Å². The summed E-state index contributed by atoms with van der Waals surface area (Å²) < 4.78 is 0. The molecule has 6 nitrogen and oxygen atoms in total. The molecule has 2 N–H and O–H groups in total. The van der Waals surface area contributed by atoms with Crippen LogP contribution >= 0.6 is 0 Å². The Morgan fingerprint density at radius 3 is 1.37 bits per heavy atom. The summed E-state index contributed by atoms with van der Waals surface area (Å²) >= 11 is 0. The zero-order valence-corrected chi connectivity index (χ0v) is 35.8. The second-order valence-electron chi connectivity index (χ2n) is 18.5. The van der Waals surface area contributed by atoms with Gasteiger partial charge in [-0.05, 0) is 114 Å². The Balaban J connectivity index is 1.86. The predicted molar refractivity (Wildman–Crippen MR) is 223 cm³/mol. The van der Waals surface area contributed by atoms with E-state index in [4.69, 9.17) is 0 Å². The normalized spacial score (nSPS) is 33.3. The van der Waals surface area contributed by atoms with Crippen LogP contribution in [0.25, 0.3) is 0 Å². The maximum absolute atomic E-state index is 14.8. The van der Waals surface area contributed by atoms with Crippen LogP contribution in [0.15, 0.2) is 60.7 Å². The molecule has 6 heteroatoms. The molecule has 0 bridgehead atoms. The van der Waals surface area contributed by atoms with E-state index in [1.54, 1.807) is 0 Å². The van der Waals surface area contributed by atoms with E-state index in [2.05, 4.69) is 140 Å². The van der Waals surface area contributed by atoms with E-state index in [1.807, 2.05) is 0 Å². The number of carboxylic acids is 2. The van der Waals surface area contributed by atoms with Gasteiger partial charge in [0.05, 0.1) is 5.41 Å². The fourth-order valence-electron chi connectivity index (χ4n) is 11.6. The minimum absolute atomic E-state index is 0.000677. The van der Waals surface area contributed by atoms with Crippen molar-refractivity contribution in [3.05, 3.63) is 71.8 Å². The molecule has 4 rings (SSSR count). The molecule has 2 aliphatic rings. The number of unbranched alkanes of at least 4 members (excludes halogenated alkanes) is 4. The van der Waals surface area contributed by atoms with Gasteiger partial charge in [-0.15, -0.1) is 0 Å². The Labute approximate surface area is 329 Å². The average Bonchev–Trinajstić information content (AvgIpc) is 3.17. The molecule has 2 fully saturated rings. The van der Waals surface area contributed by atoms with Crippen molar-refractivity contribution in [2.45, 2.75) is 188 Å². The molecule has 0 saturated carbocycles. The average molecular weight is 745 g/mol. The zero-order valence-electron chi connectivity index (χ0n) is 35.8. The van der Waals surface area contributed by atoms with Gasteiger partial charge in [-0.1, -0.05) is 128 Å². The van der Waals surface area contributed by atoms with Crippen LogP contribution in [-0.2, 0) is 22.7 Å². The SMILES string of the molecule is CCC1(C)CC(C(CCCCCCCC(=O)O)(C(=O)O)C2CC(C)(CC)N(Cc3ccccc3)C(C)(CC)C2C)C(C)C(C)(CC)N1Cc1ccccc1. The molecule has 2 saturated heterocycles. The number of hydrogen-bond acceptors (Lipinski definition) is 4. The van der Waals surface area contributed by atoms with Crippen molar-refractivity contribution in [3.8, 4) is 0 Å². The summed E-state index contributed by atoms with van der Waals surface area (Å²) in [4.78, 5) is 31.5. The summed E-state index contributed by atoms with van der Waals surface area (Å²) in [6.07, 6.45) is 10.7. The Hall–Kier alpha value is -2.70. The first-order chi connectivity index (χ1) is 25.5. The van der Waals surface area contributed by atoms with Crippen LogP contribution in [0.3, 0.4) is 0 Å². The second-order valence-corrected chi connectivity index (χ2v) is 18.5. The number of carboxylic acid groups (broad SMARTS) is 2. The van der Waals surface area contributed by atoms with Gasteiger partial charge in [0.1, 0.15) is 0 Å². The highest BCUT2D eigenvalue weighted by molar-refractivity contribution is 5.76. The third kappa shape index (κ3) is 8.50. The minimum atomic E-state index is -0.905. The molecule has 302 valence electrons. The van der Waals surface area contributed by atoms with Crippen LogP contribution in [0.2, 0.25) is 0 Å². The van der Waals surface area contributed by atoms with Crippen molar-refractivity contribution in [1.29, 1.82) is 0 Å². The molecule has 0 aliphatic carbocycles. The van der Waals surface area contributed by atoms with E-state index in [0.29, 0.717) is 12.8 Å². The van der Waals surface area contributed by atoms with Gasteiger partial charge in [-0.25, -0.2) is 0 Å². The molecular weight excluding hydrogens is 669 g/mol. The first kappa shape index (κ1) is 44.0. The number of hydrogen-bond donors (Lipinski definition) is 2. The van der Waals surface area contributed by atoms with Crippen LogP contribution in [-0.4, -0.2) is 54.1 Å². The van der Waals surface area contributed by atoms with Gasteiger partial charge in [-0.3, -0.25) is 19.4 Å². The topological polar surface area (TPSA) is 81.1 Å². The predicted octanol–water partition coefficient (Wildman–Crippen LogP) is 11.9. The highest BCUT2D eigenvalue weighted by atomic mass is 16.4. The number of aliphatic carboxylic acids is 2. The summed E-state index contributed by atoms with van der Waals surface area (Å²) in [5, 5.41) is 21.3. The number of likely N-dealkylation sites (tertiary alicyclic amines) is 2. The molecule has 2 aromatic carbocycles. The highest BCUT2D eigenvalue weighted by Gasteiger charge is 2.66. The molecule has 8 atom stereocenters. The minimum Gasteiger partial charge on any atom is -0.481 e. The molecule has 2 heterocycles. The first-order valence-electron chi connectivity index (χ1n) is 21.6. The lowest BCUT2D eigenvalue weighted by Crippen LogP contribution is -2.72. The monoisotopic (exact) mass is 745 g/mol. The maximum Gasteiger partial charge on any atom is 0.310 e. The Morgan fingerprint density at radius 1 is 0.630 bits per heavy atom. The molecule has 0 aromatic heterocycles. The third-order valence-corrected chi connectivity index (χ3v) is 16.0.